The number of rotatable bonds is 5. The van der Waals surface area contributed by atoms with Gasteiger partial charge in [0.15, 0.2) is 0 Å². The zero-order chi connectivity index (χ0) is 37.5. The predicted molar refractivity (Wildman–Crippen MR) is 232 cm³/mol. The van der Waals surface area contributed by atoms with Gasteiger partial charge in [0.05, 0.1) is 49.7 Å². The molecule has 0 saturated heterocycles. The number of pyridine rings is 6. The van der Waals surface area contributed by atoms with Crippen LogP contribution in [-0.2, 0) is 19.8 Å². The summed E-state index contributed by atoms with van der Waals surface area (Å²) in [6.07, 6.45) is 10.7. The van der Waals surface area contributed by atoms with Gasteiger partial charge in [0.25, 0.3) is 0 Å². The van der Waals surface area contributed by atoms with Crippen molar-refractivity contribution in [1.82, 2.24) is 39.9 Å². The fourth-order valence-corrected chi connectivity index (χ4v) is 9.02. The molecule has 0 aliphatic heterocycles. The Morgan fingerprint density at radius 3 is 1.32 bits per heavy atom. The van der Waals surface area contributed by atoms with Crippen LogP contribution in [0.15, 0.2) is 176 Å². The van der Waals surface area contributed by atoms with Crippen LogP contribution in [0, 0.1) is 0 Å². The Hall–Kier alpha value is -6.15. The second kappa shape index (κ2) is 17.8. The van der Waals surface area contributed by atoms with Gasteiger partial charge in [-0.1, -0.05) is 30.3 Å². The molecule has 0 aliphatic carbocycles. The molecular weight excluding hydrogens is 939 g/mol. The van der Waals surface area contributed by atoms with Crippen molar-refractivity contribution in [2.75, 3.05) is 0 Å². The maximum atomic E-state index is 5.01. The van der Waals surface area contributed by atoms with Gasteiger partial charge in [-0.3, -0.25) is 29.9 Å². The molecule has 272 valence electrons. The fourth-order valence-electron chi connectivity index (χ4n) is 6.14. The topological polar surface area (TPSA) is 106 Å². The maximum Gasteiger partial charge on any atom is 4.00 e. The summed E-state index contributed by atoms with van der Waals surface area (Å²) in [7, 11) is 0. The summed E-state index contributed by atoms with van der Waals surface area (Å²) >= 11 is 5.38. The van der Waals surface area contributed by atoms with Gasteiger partial charge >= 0.3 is 19.8 Å². The van der Waals surface area contributed by atoms with Crippen LogP contribution in [0.1, 0.15) is 0 Å². The molecule has 0 saturated carbocycles. The SMILES string of the molecule is [Os+4].c1ccc(-c2ccccn2)nc1.c1ccc(-c2ccccn2)nc1.c1csc(-c2ccc(-c3ccc(-c4nc5c6cccnc6c6ncccc6c5[nH]4)s3)s2)c1. The number of nitrogens with one attached hydrogen (secondary N) is 1. The van der Waals surface area contributed by atoms with E-state index < -0.39 is 0 Å². The van der Waals surface area contributed by atoms with Crippen molar-refractivity contribution in [2.24, 2.45) is 0 Å². The minimum Gasteiger partial charge on any atom is -0.337 e. The van der Waals surface area contributed by atoms with E-state index in [-0.39, 0.29) is 19.8 Å². The molecular formula is C45H30N8OsS3+4. The average Bonchev–Trinajstić information content (AvgIpc) is 4.13. The molecule has 8 nitrogen and oxygen atoms in total. The summed E-state index contributed by atoms with van der Waals surface area (Å²) in [5, 5.41) is 4.19. The van der Waals surface area contributed by atoms with Crippen LogP contribution >= 0.6 is 34.0 Å². The van der Waals surface area contributed by atoms with Gasteiger partial charge in [-0.05, 0) is 109 Å². The number of aromatic amines is 1. The van der Waals surface area contributed by atoms with Crippen molar-refractivity contribution in [3.8, 4) is 53.0 Å². The summed E-state index contributed by atoms with van der Waals surface area (Å²) < 4.78 is 0. The molecule has 12 heteroatoms. The second-order valence-electron chi connectivity index (χ2n) is 12.3. The van der Waals surface area contributed by atoms with E-state index in [9.17, 15) is 0 Å². The molecule has 57 heavy (non-hydrogen) atoms. The Balaban J connectivity index is 0.000000149. The molecule has 0 radical (unpaired) electrons. The Labute approximate surface area is 353 Å². The third-order valence-electron chi connectivity index (χ3n) is 8.70. The van der Waals surface area contributed by atoms with Crippen LogP contribution < -0.4 is 0 Å². The van der Waals surface area contributed by atoms with Crippen LogP contribution in [0.25, 0.3) is 85.8 Å². The van der Waals surface area contributed by atoms with Crippen LogP contribution in [0.3, 0.4) is 0 Å². The summed E-state index contributed by atoms with van der Waals surface area (Å²) in [5.41, 5.74) is 7.40. The number of H-pyrrole nitrogens is 1. The van der Waals surface area contributed by atoms with Gasteiger partial charge in [0.2, 0.25) is 0 Å². The molecule has 0 atom stereocenters. The van der Waals surface area contributed by atoms with Gasteiger partial charge in [0.1, 0.15) is 5.82 Å². The molecule has 0 amide bonds. The van der Waals surface area contributed by atoms with Crippen molar-refractivity contribution < 1.29 is 19.8 Å². The molecule has 10 aromatic heterocycles. The van der Waals surface area contributed by atoms with Crippen molar-refractivity contribution in [3.05, 3.63) is 176 Å². The van der Waals surface area contributed by atoms with Gasteiger partial charge in [0, 0.05) is 67.5 Å². The van der Waals surface area contributed by atoms with Crippen molar-refractivity contribution in [2.45, 2.75) is 0 Å². The van der Waals surface area contributed by atoms with Gasteiger partial charge < -0.3 is 4.98 Å². The van der Waals surface area contributed by atoms with Crippen LogP contribution in [0.2, 0.25) is 0 Å². The summed E-state index contributed by atoms with van der Waals surface area (Å²) in [4.78, 5) is 40.8. The number of aromatic nitrogens is 8. The van der Waals surface area contributed by atoms with Gasteiger partial charge in [-0.2, -0.15) is 0 Å². The van der Waals surface area contributed by atoms with E-state index in [2.05, 4.69) is 88.8 Å². The van der Waals surface area contributed by atoms with Crippen molar-refractivity contribution in [3.63, 3.8) is 0 Å². The van der Waals surface area contributed by atoms with E-state index in [1.165, 1.54) is 19.5 Å². The van der Waals surface area contributed by atoms with Gasteiger partial charge in [-0.25, -0.2) is 4.98 Å². The number of hydrogen-bond donors (Lipinski definition) is 1. The first-order valence-corrected chi connectivity index (χ1v) is 20.2. The third kappa shape index (κ3) is 8.36. The van der Waals surface area contributed by atoms with E-state index in [1.807, 2.05) is 109 Å². The van der Waals surface area contributed by atoms with Crippen LogP contribution in [0.5, 0.6) is 0 Å². The fraction of sp³-hybridized carbons (Fsp3) is 0. The predicted octanol–water partition coefficient (Wildman–Crippen LogP) is 12.1. The van der Waals surface area contributed by atoms with Crippen molar-refractivity contribution in [1.29, 1.82) is 0 Å². The minimum absolute atomic E-state index is 0. The molecule has 11 aromatic rings. The Morgan fingerprint density at radius 1 is 0.368 bits per heavy atom. The van der Waals surface area contributed by atoms with E-state index in [1.54, 1.807) is 47.5 Å². The quantitative estimate of drug-likeness (QED) is 0.171. The van der Waals surface area contributed by atoms with Gasteiger partial charge in [-0.15, -0.1) is 34.0 Å². The molecule has 0 spiro atoms. The normalized spacial score (nSPS) is 10.7. The number of imidazole rings is 1. The Kier molecular flexibility index (Phi) is 11.8. The Bertz CT molecular complexity index is 2750. The minimum atomic E-state index is 0. The molecule has 1 aromatic carbocycles. The summed E-state index contributed by atoms with van der Waals surface area (Å²) in [6, 6.07) is 44.3. The molecule has 1 N–H and O–H groups in total. The number of fused-ring (bicyclic) bond motifs is 6. The first-order valence-electron chi connectivity index (χ1n) is 17.7. The van der Waals surface area contributed by atoms with E-state index in [4.69, 9.17) is 4.98 Å². The molecule has 11 rings (SSSR count). The number of hydrogen-bond acceptors (Lipinski definition) is 10. The van der Waals surface area contributed by atoms with E-state index in [0.29, 0.717) is 0 Å². The van der Waals surface area contributed by atoms with Crippen molar-refractivity contribution >= 4 is 66.8 Å². The third-order valence-corrected chi connectivity index (χ3v) is 12.1. The Morgan fingerprint density at radius 2 is 0.825 bits per heavy atom. The van der Waals surface area contributed by atoms with Crippen LogP contribution in [0.4, 0.5) is 0 Å². The molecule has 0 aliphatic rings. The molecule has 10 heterocycles. The van der Waals surface area contributed by atoms with Crippen LogP contribution in [-0.4, -0.2) is 39.9 Å². The number of nitrogens with zero attached hydrogens (tertiary/aromatic N) is 7. The zero-order valence-corrected chi connectivity index (χ0v) is 34.9. The first kappa shape index (κ1) is 37.8. The average molecular weight is 969 g/mol. The first-order chi connectivity index (χ1) is 27.8. The monoisotopic (exact) mass is 970 g/mol. The van der Waals surface area contributed by atoms with E-state index in [0.717, 1.165) is 66.3 Å². The largest absolute Gasteiger partial charge is 4.00 e. The summed E-state index contributed by atoms with van der Waals surface area (Å²) in [6.45, 7) is 0. The number of thiophene rings is 3. The zero-order valence-electron chi connectivity index (χ0n) is 30.0. The smallest absolute Gasteiger partial charge is 0.337 e. The summed E-state index contributed by atoms with van der Waals surface area (Å²) in [5.74, 6) is 0.882. The molecule has 0 unspecified atom stereocenters. The standard InChI is InChI=1S/C25H14N4S3.2C10H8N2.Os/c1-4-14-21(26-11-1)22-15(5-2-12-27-22)24-23(14)28-25(29-24)20-10-9-19(32-20)18-8-7-17(31-18)16-6-3-13-30-16;2*1-3-7-11-9(5-1)10-6-2-4-8-12-10;/h1-13H,(H,28,29);2*1-8H;/q;;;+4. The van der Waals surface area contributed by atoms with E-state index >= 15 is 0 Å². The second-order valence-corrected chi connectivity index (χ2v) is 15.4. The maximum absolute atomic E-state index is 5.01. The molecule has 0 fully saturated rings. The number of benzene rings is 1. The molecule has 0 bridgehead atoms.